The average Bonchev–Trinajstić information content (AvgIpc) is 2.93. The van der Waals surface area contributed by atoms with Crippen LogP contribution in [-0.2, 0) is 9.47 Å². The maximum Gasteiger partial charge on any atom is 0.376 e. The summed E-state index contributed by atoms with van der Waals surface area (Å²) >= 11 is 5.51. The van der Waals surface area contributed by atoms with E-state index in [2.05, 4.69) is 53.0 Å². The van der Waals surface area contributed by atoms with Gasteiger partial charge in [-0.25, -0.2) is 14.6 Å². The van der Waals surface area contributed by atoms with Gasteiger partial charge in [0.2, 0.25) is 17.3 Å². The lowest BCUT2D eigenvalue weighted by Gasteiger charge is -2.00. The molecule has 0 N–H and O–H groups in total. The third-order valence-corrected chi connectivity index (χ3v) is 3.90. The fourth-order valence-electron chi connectivity index (χ4n) is 1.56. The molecule has 2 aromatic rings. The number of carbonyl (C=O) groups excluding carboxylic acids is 2. The van der Waals surface area contributed by atoms with E-state index in [1.54, 1.807) is 6.07 Å². The van der Waals surface area contributed by atoms with E-state index < -0.39 is 11.9 Å². The van der Waals surface area contributed by atoms with Gasteiger partial charge in [-0.1, -0.05) is 0 Å². The van der Waals surface area contributed by atoms with Gasteiger partial charge in [-0.15, -0.1) is 0 Å². The lowest BCUT2D eigenvalue weighted by atomic mass is 10.2. The Morgan fingerprint density at radius 3 is 2.52 bits per heavy atom. The molecule has 6 nitrogen and oxygen atoms in total. The first-order valence-corrected chi connectivity index (χ1v) is 7.48. The average molecular weight is 466 g/mol. The second-order valence-corrected chi connectivity index (χ2v) is 5.90. The van der Waals surface area contributed by atoms with Gasteiger partial charge in [0.25, 0.3) is 0 Å². The summed E-state index contributed by atoms with van der Waals surface area (Å²) in [6.45, 7) is 0. The second kappa shape index (κ2) is 6.56. The van der Waals surface area contributed by atoms with Crippen LogP contribution in [0.1, 0.15) is 21.0 Å². The largest absolute Gasteiger partial charge is 0.464 e. The first kappa shape index (κ1) is 16.0. The number of hydrogen-bond acceptors (Lipinski definition) is 6. The molecule has 2 rings (SSSR count). The van der Waals surface area contributed by atoms with Crippen LogP contribution in [0.4, 0.5) is 0 Å². The van der Waals surface area contributed by atoms with Crippen molar-refractivity contribution in [1.29, 1.82) is 0 Å². The van der Waals surface area contributed by atoms with Crippen LogP contribution >= 0.6 is 38.5 Å². The molecule has 0 spiro atoms. The number of methoxy groups -OCH3 is 2. The molecule has 0 bridgehead atoms. The Balaban J connectivity index is 2.61. The topological polar surface area (TPSA) is 78.6 Å². The number of oxazole rings is 1. The molecule has 0 amide bonds. The molecule has 0 aliphatic heterocycles. The van der Waals surface area contributed by atoms with Crippen LogP contribution in [0.2, 0.25) is 0 Å². The summed E-state index contributed by atoms with van der Waals surface area (Å²) in [4.78, 5) is 27.4. The zero-order valence-electron chi connectivity index (χ0n) is 11.0. The number of esters is 2. The van der Waals surface area contributed by atoms with E-state index in [4.69, 9.17) is 4.42 Å². The Morgan fingerprint density at radius 2 is 1.90 bits per heavy atom. The minimum atomic E-state index is -0.795. The first-order valence-electron chi connectivity index (χ1n) is 5.60. The SMILES string of the molecule is COC(=O)c1nc(-c2cc(I)ccc2Br)oc1C(=O)OC. The van der Waals surface area contributed by atoms with Crippen molar-refractivity contribution < 1.29 is 23.5 Å². The van der Waals surface area contributed by atoms with Gasteiger partial charge in [0.05, 0.1) is 19.8 Å². The summed E-state index contributed by atoms with van der Waals surface area (Å²) in [5, 5.41) is 0. The Labute approximate surface area is 142 Å². The highest BCUT2D eigenvalue weighted by Crippen LogP contribution is 2.31. The zero-order chi connectivity index (χ0) is 15.6. The number of nitrogens with zero attached hydrogens (tertiary/aromatic N) is 1. The van der Waals surface area contributed by atoms with Crippen LogP contribution in [0.15, 0.2) is 27.1 Å². The van der Waals surface area contributed by atoms with E-state index in [1.165, 1.54) is 14.2 Å². The molecule has 8 heteroatoms. The van der Waals surface area contributed by atoms with E-state index in [1.807, 2.05) is 12.1 Å². The fourth-order valence-corrected chi connectivity index (χ4v) is 2.47. The predicted octanol–water partition coefficient (Wildman–Crippen LogP) is 3.28. The van der Waals surface area contributed by atoms with Gasteiger partial charge in [-0.2, -0.15) is 0 Å². The van der Waals surface area contributed by atoms with Crippen molar-refractivity contribution in [3.63, 3.8) is 0 Å². The quantitative estimate of drug-likeness (QED) is 0.511. The number of benzene rings is 1. The minimum Gasteiger partial charge on any atom is -0.464 e. The third kappa shape index (κ3) is 3.26. The summed E-state index contributed by atoms with van der Waals surface area (Å²) in [5.74, 6) is -1.73. The van der Waals surface area contributed by atoms with Crippen molar-refractivity contribution in [2.24, 2.45) is 0 Å². The van der Waals surface area contributed by atoms with Crippen molar-refractivity contribution >= 4 is 50.5 Å². The number of halogens is 2. The van der Waals surface area contributed by atoms with Crippen molar-refractivity contribution in [2.45, 2.75) is 0 Å². The van der Waals surface area contributed by atoms with Gasteiger partial charge in [-0.3, -0.25) is 0 Å². The highest BCUT2D eigenvalue weighted by atomic mass is 127. The molecular formula is C13H9BrINO5. The molecule has 0 fully saturated rings. The molecular weight excluding hydrogens is 457 g/mol. The van der Waals surface area contributed by atoms with Gasteiger partial charge in [0.15, 0.2) is 0 Å². The molecule has 1 aromatic heterocycles. The Bertz CT molecular complexity index is 679. The normalized spacial score (nSPS) is 10.3. The van der Waals surface area contributed by atoms with Crippen molar-refractivity contribution in [1.82, 2.24) is 4.98 Å². The molecule has 0 saturated heterocycles. The van der Waals surface area contributed by atoms with E-state index in [-0.39, 0.29) is 17.3 Å². The molecule has 0 atom stereocenters. The molecule has 0 radical (unpaired) electrons. The maximum absolute atomic E-state index is 11.7. The number of hydrogen-bond donors (Lipinski definition) is 0. The first-order chi connectivity index (χ1) is 9.97. The Kier molecular flexibility index (Phi) is 4.99. The van der Waals surface area contributed by atoms with E-state index in [9.17, 15) is 9.59 Å². The number of rotatable bonds is 3. The molecule has 0 aliphatic carbocycles. The Morgan fingerprint density at radius 1 is 1.24 bits per heavy atom. The van der Waals surface area contributed by atoms with Gasteiger partial charge in [0, 0.05) is 8.04 Å². The Hall–Kier alpha value is -1.42. The van der Waals surface area contributed by atoms with Gasteiger partial charge >= 0.3 is 11.9 Å². The zero-order valence-corrected chi connectivity index (χ0v) is 14.7. The van der Waals surface area contributed by atoms with Crippen LogP contribution in [-0.4, -0.2) is 31.1 Å². The van der Waals surface area contributed by atoms with Gasteiger partial charge in [0.1, 0.15) is 0 Å². The highest BCUT2D eigenvalue weighted by Gasteiger charge is 2.28. The van der Waals surface area contributed by atoms with Crippen LogP contribution in [0.25, 0.3) is 11.5 Å². The summed E-state index contributed by atoms with van der Waals surface area (Å²) in [6, 6.07) is 5.51. The summed E-state index contributed by atoms with van der Waals surface area (Å²) in [6.07, 6.45) is 0. The minimum absolute atomic E-state index is 0.126. The lowest BCUT2D eigenvalue weighted by Crippen LogP contribution is -2.10. The summed E-state index contributed by atoms with van der Waals surface area (Å²) < 4.78 is 16.2. The predicted molar refractivity (Wildman–Crippen MR) is 85.0 cm³/mol. The second-order valence-electron chi connectivity index (χ2n) is 3.80. The van der Waals surface area contributed by atoms with Crippen LogP contribution in [0.5, 0.6) is 0 Å². The van der Waals surface area contributed by atoms with Crippen molar-refractivity contribution in [3.8, 4) is 11.5 Å². The molecule has 21 heavy (non-hydrogen) atoms. The third-order valence-electron chi connectivity index (χ3n) is 2.54. The van der Waals surface area contributed by atoms with Crippen molar-refractivity contribution in [2.75, 3.05) is 14.2 Å². The summed E-state index contributed by atoms with van der Waals surface area (Å²) in [7, 11) is 2.38. The maximum atomic E-state index is 11.7. The molecule has 1 heterocycles. The van der Waals surface area contributed by atoms with Crippen molar-refractivity contribution in [3.05, 3.63) is 37.7 Å². The van der Waals surface area contributed by atoms with E-state index >= 15 is 0 Å². The molecule has 0 aliphatic rings. The number of aromatic nitrogens is 1. The standard InChI is InChI=1S/C13H9BrINO5/c1-19-12(17)9-10(13(18)20-2)21-11(16-9)7-5-6(15)3-4-8(7)14/h3-5H,1-2H3. The monoisotopic (exact) mass is 465 g/mol. The summed E-state index contributed by atoms with van der Waals surface area (Å²) in [5.41, 5.74) is 0.396. The molecule has 0 unspecified atom stereocenters. The number of ether oxygens (including phenoxy) is 2. The van der Waals surface area contributed by atoms with E-state index in [0.717, 1.165) is 8.04 Å². The molecule has 110 valence electrons. The smallest absolute Gasteiger partial charge is 0.376 e. The van der Waals surface area contributed by atoms with Crippen LogP contribution in [0, 0.1) is 3.57 Å². The lowest BCUT2D eigenvalue weighted by molar-refractivity contribution is 0.0527. The van der Waals surface area contributed by atoms with Crippen LogP contribution < -0.4 is 0 Å². The van der Waals surface area contributed by atoms with Gasteiger partial charge in [-0.05, 0) is 56.7 Å². The molecule has 1 aromatic carbocycles. The van der Waals surface area contributed by atoms with E-state index in [0.29, 0.717) is 5.56 Å². The molecule has 0 saturated carbocycles. The van der Waals surface area contributed by atoms with Gasteiger partial charge < -0.3 is 13.9 Å². The fraction of sp³-hybridized carbons (Fsp3) is 0.154. The van der Waals surface area contributed by atoms with Crippen LogP contribution in [0.3, 0.4) is 0 Å². The number of carbonyl (C=O) groups is 2. The highest BCUT2D eigenvalue weighted by molar-refractivity contribution is 14.1.